The van der Waals surface area contributed by atoms with Crippen LogP contribution < -0.4 is 10.6 Å². The van der Waals surface area contributed by atoms with Crippen molar-refractivity contribution in [2.45, 2.75) is 38.7 Å². The number of carbonyl (C=O) groups excluding carboxylic acids is 1. The number of pyridine rings is 1. The van der Waals surface area contributed by atoms with Crippen molar-refractivity contribution in [1.29, 1.82) is 0 Å². The predicted molar refractivity (Wildman–Crippen MR) is 91.7 cm³/mol. The highest BCUT2D eigenvalue weighted by atomic mass is 16.4. The summed E-state index contributed by atoms with van der Waals surface area (Å²) in [7, 11) is 0. The van der Waals surface area contributed by atoms with Crippen molar-refractivity contribution < 1.29 is 14.3 Å². The number of aryl methyl sites for hydroxylation is 1. The van der Waals surface area contributed by atoms with E-state index in [1.807, 2.05) is 26.0 Å². The monoisotopic (exact) mass is 331 g/mol. The van der Waals surface area contributed by atoms with Gasteiger partial charge in [0.1, 0.15) is 17.1 Å². The van der Waals surface area contributed by atoms with E-state index in [4.69, 9.17) is 4.42 Å². The van der Waals surface area contributed by atoms with Crippen molar-refractivity contribution in [2.24, 2.45) is 0 Å². The Balaban J connectivity index is 1.85. The van der Waals surface area contributed by atoms with E-state index in [1.165, 1.54) is 0 Å². The second kappa shape index (κ2) is 7.05. The number of furan rings is 1. The van der Waals surface area contributed by atoms with E-state index in [2.05, 4.69) is 15.6 Å². The summed E-state index contributed by atoms with van der Waals surface area (Å²) in [4.78, 5) is 16.0. The van der Waals surface area contributed by atoms with Crippen LogP contribution in [0.4, 0.5) is 4.79 Å². The van der Waals surface area contributed by atoms with Gasteiger partial charge in [0.2, 0.25) is 0 Å². The molecule has 2 amide bonds. The molecular weight excluding hydrogens is 306 g/mol. The molecule has 6 heteroatoms. The Morgan fingerprint density at radius 3 is 2.33 bits per heavy atom. The third kappa shape index (κ3) is 4.58. The van der Waals surface area contributed by atoms with Crippen molar-refractivity contribution >= 4 is 6.03 Å². The van der Waals surface area contributed by atoms with Crippen LogP contribution in [0, 0.1) is 6.92 Å². The summed E-state index contributed by atoms with van der Waals surface area (Å²) in [5, 5.41) is 15.9. The maximum Gasteiger partial charge on any atom is 0.314 e. The summed E-state index contributed by atoms with van der Waals surface area (Å²) in [6.07, 6.45) is 3.47. The highest BCUT2D eigenvalue weighted by molar-refractivity contribution is 5.74. The third-order valence-electron chi connectivity index (χ3n) is 4.02. The summed E-state index contributed by atoms with van der Waals surface area (Å²) < 4.78 is 5.43. The molecule has 2 aromatic rings. The van der Waals surface area contributed by atoms with E-state index < -0.39 is 5.60 Å². The van der Waals surface area contributed by atoms with Gasteiger partial charge in [-0.1, -0.05) is 13.8 Å². The van der Waals surface area contributed by atoms with E-state index in [0.29, 0.717) is 18.1 Å². The molecule has 0 saturated carbocycles. The second-order valence-corrected chi connectivity index (χ2v) is 6.84. The summed E-state index contributed by atoms with van der Waals surface area (Å²) in [5.41, 5.74) is -0.386. The van der Waals surface area contributed by atoms with Crippen molar-refractivity contribution in [3.05, 3.63) is 53.7 Å². The van der Waals surface area contributed by atoms with Crippen LogP contribution in [0.1, 0.15) is 37.9 Å². The van der Waals surface area contributed by atoms with Gasteiger partial charge in [0, 0.05) is 24.4 Å². The van der Waals surface area contributed by atoms with E-state index in [1.54, 1.807) is 38.4 Å². The Kier molecular flexibility index (Phi) is 5.29. The molecular formula is C18H25N3O3. The van der Waals surface area contributed by atoms with Crippen LogP contribution in [0.25, 0.3) is 0 Å². The average Bonchev–Trinajstić information content (AvgIpc) is 2.99. The molecule has 0 aliphatic rings. The maximum atomic E-state index is 12.0. The summed E-state index contributed by atoms with van der Waals surface area (Å²) in [6, 6.07) is 7.02. The van der Waals surface area contributed by atoms with Crippen LogP contribution in [-0.2, 0) is 11.0 Å². The van der Waals surface area contributed by atoms with Crippen molar-refractivity contribution in [1.82, 2.24) is 15.6 Å². The van der Waals surface area contributed by atoms with E-state index in [-0.39, 0.29) is 18.0 Å². The predicted octanol–water partition coefficient (Wildman–Crippen LogP) is 2.47. The number of hydrogen-bond acceptors (Lipinski definition) is 4. The summed E-state index contributed by atoms with van der Waals surface area (Å²) in [5.74, 6) is 1.14. The lowest BCUT2D eigenvalue weighted by molar-refractivity contribution is 0.0359. The second-order valence-electron chi connectivity index (χ2n) is 6.84. The van der Waals surface area contributed by atoms with Gasteiger partial charge < -0.3 is 20.2 Å². The molecule has 2 aromatic heterocycles. The molecule has 0 aromatic carbocycles. The smallest absolute Gasteiger partial charge is 0.314 e. The Morgan fingerprint density at radius 2 is 1.75 bits per heavy atom. The number of amides is 2. The van der Waals surface area contributed by atoms with Gasteiger partial charge in [0.05, 0.1) is 6.54 Å². The molecule has 0 aliphatic heterocycles. The molecule has 0 radical (unpaired) electrons. The largest absolute Gasteiger partial charge is 0.463 e. The van der Waals surface area contributed by atoms with Gasteiger partial charge in [-0.25, -0.2) is 4.79 Å². The zero-order valence-electron chi connectivity index (χ0n) is 14.6. The minimum absolute atomic E-state index is 0.0570. The Bertz CT molecular complexity index is 678. The number of carbonyl (C=O) groups is 1. The minimum Gasteiger partial charge on any atom is -0.463 e. The van der Waals surface area contributed by atoms with Crippen LogP contribution in [0.3, 0.4) is 0 Å². The summed E-state index contributed by atoms with van der Waals surface area (Å²) in [6.45, 7) is 8.02. The van der Waals surface area contributed by atoms with E-state index in [9.17, 15) is 9.90 Å². The molecule has 0 aliphatic carbocycles. The molecule has 2 heterocycles. The van der Waals surface area contributed by atoms with Crippen molar-refractivity contribution in [3.8, 4) is 0 Å². The van der Waals surface area contributed by atoms with E-state index >= 15 is 0 Å². The van der Waals surface area contributed by atoms with Gasteiger partial charge in [-0.3, -0.25) is 4.98 Å². The molecule has 0 bridgehead atoms. The molecule has 0 fully saturated rings. The normalized spacial score (nSPS) is 14.0. The fraction of sp³-hybridized carbons (Fsp3) is 0.444. The Labute approximate surface area is 142 Å². The lowest BCUT2D eigenvalue weighted by Gasteiger charge is -2.26. The molecule has 1 unspecified atom stereocenters. The molecule has 0 saturated heterocycles. The zero-order valence-corrected chi connectivity index (χ0v) is 14.6. The first-order chi connectivity index (χ1) is 11.2. The van der Waals surface area contributed by atoms with Crippen LogP contribution in [0.5, 0.6) is 0 Å². The van der Waals surface area contributed by atoms with Gasteiger partial charge in [-0.05, 0) is 43.7 Å². The molecule has 1 atom stereocenters. The van der Waals surface area contributed by atoms with Crippen LogP contribution in [0.15, 0.2) is 41.1 Å². The van der Waals surface area contributed by atoms with Gasteiger partial charge in [0.15, 0.2) is 0 Å². The number of aliphatic hydroxyl groups is 1. The van der Waals surface area contributed by atoms with Gasteiger partial charge >= 0.3 is 6.03 Å². The number of nitrogens with zero attached hydrogens (tertiary/aromatic N) is 1. The van der Waals surface area contributed by atoms with E-state index in [0.717, 1.165) is 5.56 Å². The number of hydrogen-bond donors (Lipinski definition) is 3. The topological polar surface area (TPSA) is 87.4 Å². The zero-order chi connectivity index (χ0) is 17.8. The van der Waals surface area contributed by atoms with Gasteiger partial charge in [-0.15, -0.1) is 0 Å². The SMILES string of the molecule is Cc1ccc(C(C)(O)CNC(=O)NCC(C)(C)c2ccncc2)o1. The average molecular weight is 331 g/mol. The highest BCUT2D eigenvalue weighted by Gasteiger charge is 2.28. The third-order valence-corrected chi connectivity index (χ3v) is 4.02. The molecule has 0 spiro atoms. The van der Waals surface area contributed by atoms with Gasteiger partial charge in [0.25, 0.3) is 0 Å². The number of aromatic nitrogens is 1. The fourth-order valence-corrected chi connectivity index (χ4v) is 2.33. The molecule has 2 rings (SSSR count). The maximum absolute atomic E-state index is 12.0. The lowest BCUT2D eigenvalue weighted by atomic mass is 9.85. The first-order valence-corrected chi connectivity index (χ1v) is 7.92. The van der Waals surface area contributed by atoms with Crippen LogP contribution >= 0.6 is 0 Å². The highest BCUT2D eigenvalue weighted by Crippen LogP contribution is 2.22. The number of rotatable bonds is 6. The van der Waals surface area contributed by atoms with Crippen LogP contribution in [-0.4, -0.2) is 29.2 Å². The first kappa shape index (κ1) is 18.0. The number of nitrogens with one attached hydrogen (secondary N) is 2. The minimum atomic E-state index is -1.26. The quantitative estimate of drug-likeness (QED) is 0.759. The van der Waals surface area contributed by atoms with Crippen molar-refractivity contribution in [3.63, 3.8) is 0 Å². The summed E-state index contributed by atoms with van der Waals surface area (Å²) >= 11 is 0. The first-order valence-electron chi connectivity index (χ1n) is 7.92. The van der Waals surface area contributed by atoms with Crippen molar-refractivity contribution in [2.75, 3.05) is 13.1 Å². The Morgan fingerprint density at radius 1 is 1.12 bits per heavy atom. The number of urea groups is 1. The molecule has 3 N–H and O–H groups in total. The molecule has 6 nitrogen and oxygen atoms in total. The fourth-order valence-electron chi connectivity index (χ4n) is 2.33. The van der Waals surface area contributed by atoms with Gasteiger partial charge in [-0.2, -0.15) is 0 Å². The lowest BCUT2D eigenvalue weighted by Crippen LogP contribution is -2.46. The Hall–Kier alpha value is -2.34. The standard InChI is InChI=1S/C18H25N3O3/c1-13-5-6-15(24-13)18(4,23)12-21-16(22)20-11-17(2,3)14-7-9-19-10-8-14/h5-10,23H,11-12H2,1-4H3,(H2,20,21,22). The molecule has 130 valence electrons. The van der Waals surface area contributed by atoms with Crippen LogP contribution in [0.2, 0.25) is 0 Å². The molecule has 24 heavy (non-hydrogen) atoms.